The lowest BCUT2D eigenvalue weighted by Gasteiger charge is -2.39. The van der Waals surface area contributed by atoms with Gasteiger partial charge in [0, 0.05) is 0 Å². The molecule has 0 radical (unpaired) electrons. The third-order valence-corrected chi connectivity index (χ3v) is 3.80. The van der Waals surface area contributed by atoms with Crippen LogP contribution in [0.1, 0.15) is 45.4 Å². The highest BCUT2D eigenvalue weighted by molar-refractivity contribution is 6.67. The first-order valence-corrected chi connectivity index (χ1v) is 5.54. The Bertz CT molecular complexity index is 152. The average molecular weight is 162 g/mol. The van der Waals surface area contributed by atoms with Crippen molar-refractivity contribution in [3.8, 4) is 0 Å². The SMILES string of the molecule is CC=CB1C2CCCC1CCC2. The van der Waals surface area contributed by atoms with Gasteiger partial charge in [0.15, 0.2) is 6.71 Å². The van der Waals surface area contributed by atoms with Gasteiger partial charge < -0.3 is 0 Å². The number of hydrogen-bond donors (Lipinski definition) is 0. The molecule has 0 N–H and O–H groups in total. The molecule has 0 aromatic carbocycles. The van der Waals surface area contributed by atoms with E-state index < -0.39 is 0 Å². The monoisotopic (exact) mass is 162 g/mol. The Morgan fingerprint density at radius 1 is 1.00 bits per heavy atom. The van der Waals surface area contributed by atoms with E-state index in [0.29, 0.717) is 0 Å². The van der Waals surface area contributed by atoms with E-state index in [1.807, 2.05) is 0 Å². The normalized spacial score (nSPS) is 35.9. The Morgan fingerprint density at radius 2 is 1.50 bits per heavy atom. The second kappa shape index (κ2) is 3.68. The smallest absolute Gasteiger partial charge is 0.119 e. The van der Waals surface area contributed by atoms with E-state index in [9.17, 15) is 0 Å². The lowest BCUT2D eigenvalue weighted by atomic mass is 9.27. The average Bonchev–Trinajstić information content (AvgIpc) is 2.04. The van der Waals surface area contributed by atoms with Crippen LogP contribution in [-0.4, -0.2) is 6.71 Å². The quantitative estimate of drug-likeness (QED) is 0.515. The second-order valence-corrected chi connectivity index (χ2v) is 4.49. The molecule has 0 aromatic rings. The number of fused-ring (bicyclic) bond motifs is 2. The van der Waals surface area contributed by atoms with Crippen molar-refractivity contribution in [2.24, 2.45) is 0 Å². The molecule has 2 bridgehead atoms. The second-order valence-electron chi connectivity index (χ2n) is 4.49. The summed E-state index contributed by atoms with van der Waals surface area (Å²) in [6.07, 6.45) is 11.3. The summed E-state index contributed by atoms with van der Waals surface area (Å²) in [6.45, 7) is 3.13. The van der Waals surface area contributed by atoms with E-state index in [-0.39, 0.29) is 0 Å². The Kier molecular flexibility index (Phi) is 2.58. The van der Waals surface area contributed by atoms with Crippen LogP contribution < -0.4 is 0 Å². The van der Waals surface area contributed by atoms with E-state index in [2.05, 4.69) is 19.0 Å². The molecule has 2 fully saturated rings. The summed E-state index contributed by atoms with van der Waals surface area (Å²) in [5.41, 5.74) is 0. The molecule has 12 heavy (non-hydrogen) atoms. The molecule has 0 amide bonds. The van der Waals surface area contributed by atoms with E-state index in [4.69, 9.17) is 0 Å². The molecule has 0 aromatic heterocycles. The number of allylic oxidation sites excluding steroid dienone is 1. The molecule has 0 aliphatic carbocycles. The van der Waals surface area contributed by atoms with Gasteiger partial charge in [-0.05, 0) is 6.92 Å². The molecule has 0 atom stereocenters. The predicted molar refractivity (Wildman–Crippen MR) is 55.8 cm³/mol. The molecule has 2 rings (SSSR count). The van der Waals surface area contributed by atoms with Crippen LogP contribution in [0.3, 0.4) is 0 Å². The number of hydrogen-bond acceptors (Lipinski definition) is 0. The Balaban J connectivity index is 2.08. The van der Waals surface area contributed by atoms with Crippen molar-refractivity contribution >= 4 is 6.71 Å². The van der Waals surface area contributed by atoms with Gasteiger partial charge in [0.1, 0.15) is 0 Å². The van der Waals surface area contributed by atoms with E-state index in [1.165, 1.54) is 38.5 Å². The highest BCUT2D eigenvalue weighted by Gasteiger charge is 2.36. The fourth-order valence-corrected chi connectivity index (χ4v) is 3.26. The van der Waals surface area contributed by atoms with Crippen LogP contribution in [0.4, 0.5) is 0 Å². The molecule has 2 aliphatic rings. The van der Waals surface area contributed by atoms with Gasteiger partial charge in [-0.25, -0.2) is 0 Å². The molecule has 2 aliphatic heterocycles. The maximum Gasteiger partial charge on any atom is 0.172 e. The van der Waals surface area contributed by atoms with Gasteiger partial charge in [0.2, 0.25) is 0 Å². The Morgan fingerprint density at radius 3 is 1.92 bits per heavy atom. The maximum absolute atomic E-state index is 2.48. The Hall–Kier alpha value is -0.195. The summed E-state index contributed by atoms with van der Waals surface area (Å²) in [4.78, 5) is 0. The van der Waals surface area contributed by atoms with E-state index in [0.717, 1.165) is 18.3 Å². The topological polar surface area (TPSA) is 0 Å². The van der Waals surface area contributed by atoms with Crippen LogP contribution in [0.25, 0.3) is 0 Å². The van der Waals surface area contributed by atoms with Crippen molar-refractivity contribution in [1.29, 1.82) is 0 Å². The Labute approximate surface area is 76.5 Å². The molecule has 2 saturated heterocycles. The molecule has 0 spiro atoms. The fourth-order valence-electron chi connectivity index (χ4n) is 3.26. The van der Waals surface area contributed by atoms with Gasteiger partial charge in [-0.15, -0.1) is 12.1 Å². The lowest BCUT2D eigenvalue weighted by molar-refractivity contribution is 0.447. The predicted octanol–water partition coefficient (Wildman–Crippen LogP) is 3.70. The van der Waals surface area contributed by atoms with Gasteiger partial charge in [-0.2, -0.15) is 0 Å². The van der Waals surface area contributed by atoms with E-state index in [1.54, 1.807) is 0 Å². The van der Waals surface area contributed by atoms with Crippen LogP contribution in [0, 0.1) is 0 Å². The molecule has 0 saturated carbocycles. The van der Waals surface area contributed by atoms with Gasteiger partial charge in [0.05, 0.1) is 0 Å². The summed E-state index contributed by atoms with van der Waals surface area (Å²) in [5.74, 6) is 4.58. The van der Waals surface area contributed by atoms with Crippen LogP contribution in [0.5, 0.6) is 0 Å². The third kappa shape index (κ3) is 1.46. The van der Waals surface area contributed by atoms with Gasteiger partial charge >= 0.3 is 0 Å². The minimum Gasteiger partial charge on any atom is -0.119 e. The van der Waals surface area contributed by atoms with Crippen molar-refractivity contribution in [3.05, 3.63) is 12.1 Å². The maximum atomic E-state index is 2.48. The zero-order chi connectivity index (χ0) is 8.39. The van der Waals surface area contributed by atoms with Crippen molar-refractivity contribution in [3.63, 3.8) is 0 Å². The van der Waals surface area contributed by atoms with Crippen LogP contribution in [0.15, 0.2) is 12.1 Å². The molecular formula is C11H19B. The first kappa shape index (κ1) is 8.41. The lowest BCUT2D eigenvalue weighted by Crippen LogP contribution is -2.32. The minimum absolute atomic E-state index is 0.956. The summed E-state index contributed by atoms with van der Waals surface area (Å²) in [5, 5.41) is 0. The van der Waals surface area contributed by atoms with Crippen LogP contribution in [-0.2, 0) is 0 Å². The van der Waals surface area contributed by atoms with Gasteiger partial charge in [-0.1, -0.05) is 50.2 Å². The van der Waals surface area contributed by atoms with Crippen molar-refractivity contribution < 1.29 is 0 Å². The van der Waals surface area contributed by atoms with Gasteiger partial charge in [0.25, 0.3) is 0 Å². The summed E-state index contributed by atoms with van der Waals surface area (Å²) in [7, 11) is 0. The summed E-state index contributed by atoms with van der Waals surface area (Å²) < 4.78 is 0. The molecule has 1 heteroatoms. The molecule has 2 heterocycles. The molecule has 66 valence electrons. The first-order chi connectivity index (χ1) is 5.92. The molecular weight excluding hydrogens is 143 g/mol. The highest BCUT2D eigenvalue weighted by Crippen LogP contribution is 2.46. The zero-order valence-electron chi connectivity index (χ0n) is 8.13. The summed E-state index contributed by atoms with van der Waals surface area (Å²) >= 11 is 0. The molecule has 0 nitrogen and oxygen atoms in total. The van der Waals surface area contributed by atoms with Gasteiger partial charge in [-0.3, -0.25) is 0 Å². The zero-order valence-corrected chi connectivity index (χ0v) is 8.13. The van der Waals surface area contributed by atoms with Crippen molar-refractivity contribution in [2.45, 2.75) is 57.1 Å². The first-order valence-electron chi connectivity index (χ1n) is 5.54. The van der Waals surface area contributed by atoms with Crippen LogP contribution in [0.2, 0.25) is 11.6 Å². The number of rotatable bonds is 1. The minimum atomic E-state index is 0.956. The standard InChI is InChI=1S/C11H19B/c1-2-9-12-10-5-3-6-11(12)8-4-7-10/h2,9-11H,3-8H2,1H3. The fraction of sp³-hybridized carbons (Fsp3) is 0.818. The largest absolute Gasteiger partial charge is 0.172 e. The van der Waals surface area contributed by atoms with Crippen molar-refractivity contribution in [1.82, 2.24) is 0 Å². The van der Waals surface area contributed by atoms with Crippen LogP contribution >= 0.6 is 0 Å². The van der Waals surface area contributed by atoms with E-state index >= 15 is 0 Å². The van der Waals surface area contributed by atoms with Crippen molar-refractivity contribution in [2.75, 3.05) is 0 Å². The highest BCUT2D eigenvalue weighted by atomic mass is 14.2. The summed E-state index contributed by atoms with van der Waals surface area (Å²) in [6, 6.07) is 0. The molecule has 0 unspecified atom stereocenters. The third-order valence-electron chi connectivity index (χ3n) is 3.80.